The van der Waals surface area contributed by atoms with E-state index in [9.17, 15) is 14.0 Å². The summed E-state index contributed by atoms with van der Waals surface area (Å²) >= 11 is 1.08. The fraction of sp³-hybridized carbons (Fsp3) is 0. The number of hydrogen-bond donors (Lipinski definition) is 1. The van der Waals surface area contributed by atoms with Crippen molar-refractivity contribution >= 4 is 27.6 Å². The fourth-order valence-corrected chi connectivity index (χ4v) is 2.94. The van der Waals surface area contributed by atoms with Gasteiger partial charge in [0.05, 0.1) is 21.3 Å². The second-order valence-electron chi connectivity index (χ2n) is 4.16. The molecule has 0 saturated carbocycles. The van der Waals surface area contributed by atoms with Crippen molar-refractivity contribution in [3.05, 3.63) is 64.2 Å². The monoisotopic (exact) mass is 289 g/mol. The molecule has 3 aromatic rings. The van der Waals surface area contributed by atoms with Gasteiger partial charge >= 0.3 is 5.97 Å². The van der Waals surface area contributed by atoms with Gasteiger partial charge in [-0.3, -0.25) is 4.79 Å². The van der Waals surface area contributed by atoms with Crippen LogP contribution < -0.4 is 5.56 Å². The van der Waals surface area contributed by atoms with Crippen LogP contribution in [0.5, 0.6) is 0 Å². The maximum absolute atomic E-state index is 13.9. The van der Waals surface area contributed by atoms with E-state index in [1.54, 1.807) is 24.3 Å². The van der Waals surface area contributed by atoms with Gasteiger partial charge in [0.25, 0.3) is 5.56 Å². The van der Waals surface area contributed by atoms with Crippen molar-refractivity contribution in [1.29, 1.82) is 0 Å². The molecule has 4 nitrogen and oxygen atoms in total. The molecular formula is C14H8FNO3S. The molecule has 3 rings (SSSR count). The first kappa shape index (κ1) is 12.6. The Kier molecular flexibility index (Phi) is 2.87. The quantitative estimate of drug-likeness (QED) is 0.789. The normalized spacial score (nSPS) is 10.8. The molecule has 0 amide bonds. The summed E-state index contributed by atoms with van der Waals surface area (Å²) in [5, 5.41) is 9.43. The van der Waals surface area contributed by atoms with Crippen molar-refractivity contribution < 1.29 is 14.3 Å². The molecule has 2 aromatic carbocycles. The molecule has 0 aliphatic carbocycles. The molecule has 20 heavy (non-hydrogen) atoms. The molecular weight excluding hydrogens is 281 g/mol. The molecule has 0 bridgehead atoms. The van der Waals surface area contributed by atoms with Crippen molar-refractivity contribution in [3.63, 3.8) is 0 Å². The second-order valence-corrected chi connectivity index (χ2v) is 5.15. The second kappa shape index (κ2) is 4.57. The number of aromatic carboxylic acids is 1. The summed E-state index contributed by atoms with van der Waals surface area (Å²) in [5.41, 5.74) is -0.464. The highest BCUT2D eigenvalue weighted by atomic mass is 32.1. The summed E-state index contributed by atoms with van der Waals surface area (Å²) in [6.45, 7) is 0. The Hall–Kier alpha value is -2.47. The lowest BCUT2D eigenvalue weighted by Gasteiger charge is -2.03. The summed E-state index contributed by atoms with van der Waals surface area (Å²) in [7, 11) is 0. The zero-order valence-corrected chi connectivity index (χ0v) is 10.9. The van der Waals surface area contributed by atoms with Gasteiger partial charge in [-0.25, -0.2) is 13.1 Å². The van der Waals surface area contributed by atoms with Crippen LogP contribution in [-0.4, -0.2) is 15.0 Å². The minimum Gasteiger partial charge on any atom is -0.478 e. The smallest absolute Gasteiger partial charge is 0.335 e. The molecule has 100 valence electrons. The van der Waals surface area contributed by atoms with Gasteiger partial charge in [-0.2, -0.15) is 0 Å². The number of benzene rings is 2. The topological polar surface area (TPSA) is 59.3 Å². The Morgan fingerprint density at radius 1 is 1.20 bits per heavy atom. The molecule has 0 spiro atoms. The highest BCUT2D eigenvalue weighted by Gasteiger charge is 2.14. The van der Waals surface area contributed by atoms with E-state index in [0.717, 1.165) is 28.4 Å². The summed E-state index contributed by atoms with van der Waals surface area (Å²) in [5.74, 6) is -1.80. The number of aromatic nitrogens is 1. The summed E-state index contributed by atoms with van der Waals surface area (Å²) in [6, 6.07) is 10.3. The van der Waals surface area contributed by atoms with E-state index in [1.807, 2.05) is 0 Å². The molecule has 0 unspecified atom stereocenters. The number of hydrogen-bond acceptors (Lipinski definition) is 3. The van der Waals surface area contributed by atoms with Gasteiger partial charge in [-0.15, -0.1) is 0 Å². The Morgan fingerprint density at radius 3 is 2.65 bits per heavy atom. The molecule has 0 saturated heterocycles. The van der Waals surface area contributed by atoms with E-state index in [1.165, 1.54) is 10.0 Å². The number of halogens is 1. The van der Waals surface area contributed by atoms with Gasteiger partial charge in [0.15, 0.2) is 0 Å². The third kappa shape index (κ3) is 1.90. The Balaban J connectivity index is 2.30. The molecule has 1 aromatic heterocycles. The minimum atomic E-state index is -1.17. The maximum atomic E-state index is 13.9. The van der Waals surface area contributed by atoms with Gasteiger partial charge in [-0.1, -0.05) is 23.7 Å². The number of rotatable bonds is 2. The molecule has 0 aliphatic heterocycles. The molecule has 0 aliphatic rings. The van der Waals surface area contributed by atoms with E-state index < -0.39 is 11.8 Å². The predicted octanol–water partition coefficient (Wildman–Crippen LogP) is 2.89. The molecule has 0 radical (unpaired) electrons. The van der Waals surface area contributed by atoms with Gasteiger partial charge in [-0.05, 0) is 30.3 Å². The SMILES string of the molecule is O=C(O)c1ccc(F)c(-n2sc3ccccc3c2=O)c1. The predicted molar refractivity (Wildman–Crippen MR) is 74.3 cm³/mol. The number of carboxylic acids is 1. The van der Waals surface area contributed by atoms with E-state index in [2.05, 4.69) is 0 Å². The van der Waals surface area contributed by atoms with Crippen LogP contribution in [0, 0.1) is 5.82 Å². The van der Waals surface area contributed by atoms with Crippen molar-refractivity contribution in [2.45, 2.75) is 0 Å². The van der Waals surface area contributed by atoms with Gasteiger partial charge in [0.1, 0.15) is 5.82 Å². The lowest BCUT2D eigenvalue weighted by molar-refractivity contribution is 0.0697. The lowest BCUT2D eigenvalue weighted by atomic mass is 10.2. The first-order valence-electron chi connectivity index (χ1n) is 5.72. The average Bonchev–Trinajstić information content (AvgIpc) is 2.77. The van der Waals surface area contributed by atoms with Gasteiger partial charge < -0.3 is 5.11 Å². The summed E-state index contributed by atoms with van der Waals surface area (Å²) in [4.78, 5) is 23.2. The molecule has 6 heteroatoms. The highest BCUT2D eigenvalue weighted by molar-refractivity contribution is 7.14. The molecule has 0 atom stereocenters. The third-order valence-electron chi connectivity index (χ3n) is 2.90. The molecule has 1 heterocycles. The van der Waals surface area contributed by atoms with Crippen LogP contribution in [0.2, 0.25) is 0 Å². The van der Waals surface area contributed by atoms with Crippen LogP contribution in [0.25, 0.3) is 15.8 Å². The molecule has 1 N–H and O–H groups in total. The molecule has 0 fully saturated rings. The van der Waals surface area contributed by atoms with Crippen LogP contribution in [-0.2, 0) is 0 Å². The van der Waals surface area contributed by atoms with Crippen LogP contribution >= 0.6 is 11.5 Å². The van der Waals surface area contributed by atoms with Crippen molar-refractivity contribution in [2.75, 3.05) is 0 Å². The van der Waals surface area contributed by atoms with Crippen molar-refractivity contribution in [3.8, 4) is 5.69 Å². The minimum absolute atomic E-state index is 0.0453. The Labute approximate surface area is 116 Å². The third-order valence-corrected chi connectivity index (χ3v) is 4.00. The maximum Gasteiger partial charge on any atom is 0.335 e. The first-order valence-corrected chi connectivity index (χ1v) is 6.49. The average molecular weight is 289 g/mol. The van der Waals surface area contributed by atoms with Crippen molar-refractivity contribution in [2.24, 2.45) is 0 Å². The van der Waals surface area contributed by atoms with Gasteiger partial charge in [0, 0.05) is 0 Å². The van der Waals surface area contributed by atoms with Crippen molar-refractivity contribution in [1.82, 2.24) is 3.96 Å². The zero-order chi connectivity index (χ0) is 14.3. The van der Waals surface area contributed by atoms with E-state index >= 15 is 0 Å². The summed E-state index contributed by atoms with van der Waals surface area (Å²) < 4.78 is 15.8. The van der Waals surface area contributed by atoms with Crippen LogP contribution in [0.1, 0.15) is 10.4 Å². The van der Waals surface area contributed by atoms with E-state index in [-0.39, 0.29) is 16.8 Å². The van der Waals surface area contributed by atoms with Gasteiger partial charge in [0.2, 0.25) is 0 Å². The number of fused-ring (bicyclic) bond motifs is 1. The first-order chi connectivity index (χ1) is 9.58. The largest absolute Gasteiger partial charge is 0.478 e. The van der Waals surface area contributed by atoms with E-state index in [0.29, 0.717) is 5.39 Å². The zero-order valence-electron chi connectivity index (χ0n) is 10.0. The van der Waals surface area contributed by atoms with E-state index in [4.69, 9.17) is 5.11 Å². The van der Waals surface area contributed by atoms with Crippen LogP contribution in [0.3, 0.4) is 0 Å². The van der Waals surface area contributed by atoms with Crippen LogP contribution in [0.4, 0.5) is 4.39 Å². The number of carbonyl (C=O) groups is 1. The highest BCUT2D eigenvalue weighted by Crippen LogP contribution is 2.22. The standard InChI is InChI=1S/C14H8FNO3S/c15-10-6-5-8(14(18)19)7-11(10)16-13(17)9-3-1-2-4-12(9)20-16/h1-7H,(H,18,19). The summed E-state index contributed by atoms with van der Waals surface area (Å²) in [6.07, 6.45) is 0. The fourth-order valence-electron chi connectivity index (χ4n) is 1.93. The Bertz CT molecular complexity index is 882. The number of carboxylic acid groups (broad SMARTS) is 1. The Morgan fingerprint density at radius 2 is 1.95 bits per heavy atom. The number of nitrogens with zero attached hydrogens (tertiary/aromatic N) is 1. The van der Waals surface area contributed by atoms with Crippen LogP contribution in [0.15, 0.2) is 47.3 Å². The lowest BCUT2D eigenvalue weighted by Crippen LogP contribution is -2.13.